The molecule has 1 aliphatic heterocycles. The second-order valence-electron chi connectivity index (χ2n) is 5.56. The lowest BCUT2D eigenvalue weighted by Crippen LogP contribution is -2.42. The van der Waals surface area contributed by atoms with Crippen LogP contribution in [0.2, 0.25) is 0 Å². The molecule has 5 heteroatoms. The molecule has 1 aliphatic rings. The number of nitrogens with one attached hydrogen (secondary N) is 1. The van der Waals surface area contributed by atoms with Crippen LogP contribution in [0.15, 0.2) is 30.3 Å². The summed E-state index contributed by atoms with van der Waals surface area (Å²) in [5, 5.41) is 3.46. The summed E-state index contributed by atoms with van der Waals surface area (Å²) in [6, 6.07) is 9.97. The van der Waals surface area contributed by atoms with E-state index in [0.29, 0.717) is 19.1 Å². The van der Waals surface area contributed by atoms with Gasteiger partial charge in [0.1, 0.15) is 5.78 Å². The Morgan fingerprint density at radius 3 is 2.70 bits per heavy atom. The molecule has 2 rings (SSSR count). The normalized spacial score (nSPS) is 30.6. The summed E-state index contributed by atoms with van der Waals surface area (Å²) in [6.45, 7) is 7.02. The lowest BCUT2D eigenvalue weighted by Gasteiger charge is -2.37. The van der Waals surface area contributed by atoms with E-state index in [-0.39, 0.29) is 11.8 Å². The van der Waals surface area contributed by atoms with Crippen LogP contribution in [0.5, 0.6) is 0 Å². The van der Waals surface area contributed by atoms with Crippen molar-refractivity contribution in [1.82, 2.24) is 5.32 Å². The van der Waals surface area contributed by atoms with Gasteiger partial charge in [-0.1, -0.05) is 44.2 Å². The Labute approximate surface area is 121 Å². The van der Waals surface area contributed by atoms with Crippen molar-refractivity contribution >= 4 is 7.60 Å². The molecule has 0 aromatic heterocycles. The Kier molecular flexibility index (Phi) is 5.39. The summed E-state index contributed by atoms with van der Waals surface area (Å²) in [5.41, 5.74) is 0.956. The van der Waals surface area contributed by atoms with Gasteiger partial charge in [-0.3, -0.25) is 9.88 Å². The lowest BCUT2D eigenvalue weighted by molar-refractivity contribution is 0.143. The lowest BCUT2D eigenvalue weighted by atomic mass is 10.0. The van der Waals surface area contributed by atoms with Crippen LogP contribution in [0.3, 0.4) is 0 Å². The summed E-state index contributed by atoms with van der Waals surface area (Å²) in [7, 11) is -3.14. The van der Waals surface area contributed by atoms with Crippen molar-refractivity contribution in [2.45, 2.75) is 39.0 Å². The minimum absolute atomic E-state index is 0.211. The van der Waals surface area contributed by atoms with Gasteiger partial charge in [0.2, 0.25) is 0 Å². The molecule has 1 aromatic rings. The Morgan fingerprint density at radius 1 is 1.40 bits per heavy atom. The first-order chi connectivity index (χ1) is 9.55. The van der Waals surface area contributed by atoms with Crippen LogP contribution in [-0.2, 0) is 13.6 Å². The van der Waals surface area contributed by atoms with Crippen LogP contribution >= 0.6 is 7.60 Å². The van der Waals surface area contributed by atoms with E-state index in [0.717, 1.165) is 12.0 Å². The van der Waals surface area contributed by atoms with E-state index in [2.05, 4.69) is 19.2 Å². The van der Waals surface area contributed by atoms with Gasteiger partial charge in [0.05, 0.1) is 13.2 Å². The van der Waals surface area contributed by atoms with Gasteiger partial charge < -0.3 is 9.05 Å². The van der Waals surface area contributed by atoms with E-state index >= 15 is 0 Å². The zero-order chi connectivity index (χ0) is 14.6. The molecule has 1 heterocycles. The van der Waals surface area contributed by atoms with E-state index < -0.39 is 7.60 Å². The van der Waals surface area contributed by atoms with Crippen LogP contribution in [0.1, 0.15) is 38.5 Å². The van der Waals surface area contributed by atoms with Crippen LogP contribution < -0.4 is 5.32 Å². The van der Waals surface area contributed by atoms with E-state index in [1.165, 1.54) is 0 Å². The van der Waals surface area contributed by atoms with Crippen molar-refractivity contribution in [2.24, 2.45) is 5.92 Å². The molecule has 0 amide bonds. The molecule has 0 saturated carbocycles. The molecule has 1 aromatic carbocycles. The summed E-state index contributed by atoms with van der Waals surface area (Å²) in [5.74, 6) is 0.193. The Balaban J connectivity index is 2.22. The number of hydrogen-bond acceptors (Lipinski definition) is 4. The van der Waals surface area contributed by atoms with Crippen molar-refractivity contribution in [2.75, 3.05) is 13.2 Å². The maximum Gasteiger partial charge on any atom is 0.352 e. The Bertz CT molecular complexity index is 463. The van der Waals surface area contributed by atoms with Crippen LogP contribution in [-0.4, -0.2) is 19.3 Å². The van der Waals surface area contributed by atoms with Gasteiger partial charge in [-0.15, -0.1) is 0 Å². The topological polar surface area (TPSA) is 47.6 Å². The first-order valence-electron chi connectivity index (χ1n) is 7.25. The standard InChI is InChI=1S/C15H24NO3P/c1-4-18-20(17)15(13-8-6-5-7-9-13)16-14(11-19-20)10-12(2)3/h5-9,12,14-16H,4,10-11H2,1-3H3/t14-,15+,20+/m0/s1. The second-order valence-corrected chi connectivity index (χ2v) is 7.67. The number of rotatable bonds is 5. The molecule has 1 N–H and O–H groups in total. The first kappa shape index (κ1) is 15.7. The van der Waals surface area contributed by atoms with Crippen LogP contribution in [0.4, 0.5) is 0 Å². The highest BCUT2D eigenvalue weighted by Crippen LogP contribution is 2.61. The van der Waals surface area contributed by atoms with Crippen molar-refractivity contribution in [1.29, 1.82) is 0 Å². The van der Waals surface area contributed by atoms with Gasteiger partial charge in [0.15, 0.2) is 0 Å². The molecule has 1 fully saturated rings. The first-order valence-corrected chi connectivity index (χ1v) is 8.86. The number of hydrogen-bond donors (Lipinski definition) is 1. The van der Waals surface area contributed by atoms with E-state index in [9.17, 15) is 4.57 Å². The van der Waals surface area contributed by atoms with Crippen molar-refractivity contribution in [3.05, 3.63) is 35.9 Å². The third-order valence-corrected chi connectivity index (χ3v) is 5.55. The van der Waals surface area contributed by atoms with Gasteiger partial charge in [-0.25, -0.2) is 0 Å². The van der Waals surface area contributed by atoms with Crippen molar-refractivity contribution < 1.29 is 13.6 Å². The predicted octanol–water partition coefficient (Wildman–Crippen LogP) is 3.95. The largest absolute Gasteiger partial charge is 0.352 e. The van der Waals surface area contributed by atoms with Crippen LogP contribution in [0, 0.1) is 5.92 Å². The Morgan fingerprint density at radius 2 is 2.10 bits per heavy atom. The molecule has 1 saturated heterocycles. The molecular weight excluding hydrogens is 273 g/mol. The maximum absolute atomic E-state index is 12.9. The summed E-state index contributed by atoms with van der Waals surface area (Å²) in [6.07, 6.45) is 0.995. The van der Waals surface area contributed by atoms with Crippen molar-refractivity contribution in [3.8, 4) is 0 Å². The van der Waals surface area contributed by atoms with E-state index in [4.69, 9.17) is 9.05 Å². The highest BCUT2D eigenvalue weighted by atomic mass is 31.2. The van der Waals surface area contributed by atoms with Gasteiger partial charge in [0, 0.05) is 6.04 Å². The SMILES string of the molecule is CCO[P@@]1(=O)OC[C@H](CC(C)C)N[C@H]1c1ccccc1. The number of benzene rings is 1. The molecule has 3 atom stereocenters. The second kappa shape index (κ2) is 6.86. The average Bonchev–Trinajstić information content (AvgIpc) is 2.42. The Hall–Kier alpha value is -0.670. The fourth-order valence-electron chi connectivity index (χ4n) is 2.54. The highest BCUT2D eigenvalue weighted by molar-refractivity contribution is 7.54. The zero-order valence-corrected chi connectivity index (χ0v) is 13.3. The molecule has 0 unspecified atom stereocenters. The van der Waals surface area contributed by atoms with E-state index in [1.807, 2.05) is 37.3 Å². The molecule has 4 nitrogen and oxygen atoms in total. The smallest absolute Gasteiger partial charge is 0.308 e. The highest BCUT2D eigenvalue weighted by Gasteiger charge is 2.42. The maximum atomic E-state index is 12.9. The molecule has 0 bridgehead atoms. The van der Waals surface area contributed by atoms with Gasteiger partial charge in [0.25, 0.3) is 0 Å². The average molecular weight is 297 g/mol. The van der Waals surface area contributed by atoms with Crippen molar-refractivity contribution in [3.63, 3.8) is 0 Å². The zero-order valence-electron chi connectivity index (χ0n) is 12.4. The summed E-state index contributed by atoms with van der Waals surface area (Å²) < 4.78 is 24.0. The fourth-order valence-corrected chi connectivity index (χ4v) is 4.59. The summed E-state index contributed by atoms with van der Waals surface area (Å²) >= 11 is 0. The fraction of sp³-hybridized carbons (Fsp3) is 0.600. The quantitative estimate of drug-likeness (QED) is 0.836. The predicted molar refractivity (Wildman–Crippen MR) is 80.7 cm³/mol. The molecule has 0 spiro atoms. The minimum atomic E-state index is -3.14. The van der Waals surface area contributed by atoms with Gasteiger partial charge in [-0.2, -0.15) is 0 Å². The molecular formula is C15H24NO3P. The third-order valence-electron chi connectivity index (χ3n) is 3.35. The monoisotopic (exact) mass is 297 g/mol. The molecule has 20 heavy (non-hydrogen) atoms. The minimum Gasteiger partial charge on any atom is -0.308 e. The van der Waals surface area contributed by atoms with Crippen LogP contribution in [0.25, 0.3) is 0 Å². The van der Waals surface area contributed by atoms with Gasteiger partial charge >= 0.3 is 7.60 Å². The third kappa shape index (κ3) is 3.70. The van der Waals surface area contributed by atoms with Gasteiger partial charge in [-0.05, 0) is 24.8 Å². The molecule has 0 radical (unpaired) electrons. The molecule has 0 aliphatic carbocycles. The van der Waals surface area contributed by atoms with E-state index in [1.54, 1.807) is 0 Å². The summed E-state index contributed by atoms with van der Waals surface area (Å²) in [4.78, 5) is 0. The molecule has 112 valence electrons.